The fraction of sp³-hybridized carbons (Fsp3) is 0.200. The van der Waals surface area contributed by atoms with E-state index >= 15 is 0 Å². The third-order valence-corrected chi connectivity index (χ3v) is 5.86. The van der Waals surface area contributed by atoms with Gasteiger partial charge in [0, 0.05) is 17.5 Å². The van der Waals surface area contributed by atoms with Crippen LogP contribution in [-0.2, 0) is 9.16 Å². The molecule has 0 saturated carbocycles. The summed E-state index contributed by atoms with van der Waals surface area (Å²) in [4.78, 5) is 0. The minimum Gasteiger partial charge on any atom is -0.508 e. The summed E-state index contributed by atoms with van der Waals surface area (Å²) in [6.45, 7) is 1.79. The molecule has 5 heteroatoms. The first-order chi connectivity index (χ1) is 9.63. The first-order valence-electron chi connectivity index (χ1n) is 6.37. The second kappa shape index (κ2) is 6.56. The van der Waals surface area contributed by atoms with Gasteiger partial charge in [-0.1, -0.05) is 36.4 Å². The molecule has 0 aliphatic rings. The van der Waals surface area contributed by atoms with Crippen LogP contribution in [0.15, 0.2) is 48.5 Å². The monoisotopic (exact) mass is 290 g/mol. The largest absolute Gasteiger partial charge is 0.508 e. The molecule has 20 heavy (non-hydrogen) atoms. The van der Waals surface area contributed by atoms with Crippen LogP contribution in [0.5, 0.6) is 11.5 Å². The molecule has 0 aliphatic carbocycles. The van der Waals surface area contributed by atoms with Crippen LogP contribution in [0.25, 0.3) is 0 Å². The van der Waals surface area contributed by atoms with E-state index in [-0.39, 0.29) is 11.5 Å². The number of ether oxygens (including phenoxy) is 1. The van der Waals surface area contributed by atoms with E-state index in [1.54, 1.807) is 38.3 Å². The van der Waals surface area contributed by atoms with Gasteiger partial charge in [0.2, 0.25) is 0 Å². The number of aromatic hydroxyl groups is 2. The van der Waals surface area contributed by atoms with Crippen LogP contribution in [0.4, 0.5) is 0 Å². The van der Waals surface area contributed by atoms with E-state index in [9.17, 15) is 10.2 Å². The number of rotatable bonds is 5. The van der Waals surface area contributed by atoms with Crippen LogP contribution in [0, 0.1) is 0 Å². The maximum Gasteiger partial charge on any atom is 0.250 e. The molecule has 0 amide bonds. The Morgan fingerprint density at radius 2 is 1.35 bits per heavy atom. The third kappa shape index (κ3) is 3.19. The first kappa shape index (κ1) is 14.6. The average Bonchev–Trinajstić information content (AvgIpc) is 2.46. The number of hydrogen-bond donors (Lipinski definition) is 2. The lowest BCUT2D eigenvalue weighted by atomic mass is 10.3. The Kier molecular flexibility index (Phi) is 4.78. The van der Waals surface area contributed by atoms with Crippen molar-refractivity contribution in [1.29, 1.82) is 0 Å². The summed E-state index contributed by atoms with van der Waals surface area (Å²) in [5, 5.41) is 21.5. The van der Waals surface area contributed by atoms with E-state index < -0.39 is 15.3 Å². The molecule has 2 aromatic rings. The predicted molar refractivity (Wildman–Crippen MR) is 80.2 cm³/mol. The van der Waals surface area contributed by atoms with Crippen molar-refractivity contribution in [3.8, 4) is 11.5 Å². The average molecular weight is 290 g/mol. The Balaban J connectivity index is 2.45. The molecule has 0 bridgehead atoms. The van der Waals surface area contributed by atoms with E-state index in [1.165, 1.54) is 0 Å². The van der Waals surface area contributed by atoms with Gasteiger partial charge in [-0.05, 0) is 19.1 Å². The number of phenolic OH excluding ortho intramolecular Hbond substituents is 2. The van der Waals surface area contributed by atoms with Crippen LogP contribution in [0.1, 0.15) is 6.92 Å². The SMILES string of the molecule is COC(C)O[SiH](c1ccccc1O)c1ccccc1O. The second-order valence-electron chi connectivity index (χ2n) is 4.44. The lowest BCUT2D eigenvalue weighted by Crippen LogP contribution is -2.47. The highest BCUT2D eigenvalue weighted by Crippen LogP contribution is 2.12. The van der Waals surface area contributed by atoms with Gasteiger partial charge < -0.3 is 19.4 Å². The lowest BCUT2D eigenvalue weighted by molar-refractivity contribution is -0.0382. The highest BCUT2D eigenvalue weighted by molar-refractivity contribution is 6.81. The Morgan fingerprint density at radius 1 is 0.900 bits per heavy atom. The quantitative estimate of drug-likeness (QED) is 0.636. The first-order valence-corrected chi connectivity index (χ1v) is 8.00. The van der Waals surface area contributed by atoms with Crippen molar-refractivity contribution in [2.75, 3.05) is 7.11 Å². The van der Waals surface area contributed by atoms with Crippen LogP contribution < -0.4 is 10.4 Å². The minimum absolute atomic E-state index is 0.177. The van der Waals surface area contributed by atoms with Crippen molar-refractivity contribution < 1.29 is 19.4 Å². The van der Waals surface area contributed by atoms with Gasteiger partial charge in [0.05, 0.1) is 0 Å². The zero-order chi connectivity index (χ0) is 14.5. The van der Waals surface area contributed by atoms with Crippen LogP contribution in [0.3, 0.4) is 0 Å². The highest BCUT2D eigenvalue weighted by Gasteiger charge is 2.25. The van der Waals surface area contributed by atoms with Crippen molar-refractivity contribution in [3.05, 3.63) is 48.5 Å². The molecule has 2 aromatic carbocycles. The van der Waals surface area contributed by atoms with Gasteiger partial charge in [0.25, 0.3) is 9.04 Å². The third-order valence-electron chi connectivity index (χ3n) is 3.10. The normalized spacial score (nSPS) is 12.6. The molecule has 0 fully saturated rings. The van der Waals surface area contributed by atoms with E-state index in [0.717, 1.165) is 10.4 Å². The van der Waals surface area contributed by atoms with Gasteiger partial charge in [-0.15, -0.1) is 0 Å². The summed E-state index contributed by atoms with van der Waals surface area (Å²) in [6.07, 6.45) is -0.411. The van der Waals surface area contributed by atoms with Crippen LogP contribution in [-0.4, -0.2) is 32.7 Å². The standard InChI is InChI=1S/C15H18O4Si/c1-11(18-2)19-20(14-9-5-3-7-12(14)16)15-10-6-4-8-13(15)17/h3-11,16-17,20H,1-2H3. The molecule has 0 saturated heterocycles. The van der Waals surface area contributed by atoms with E-state index in [2.05, 4.69) is 0 Å². The van der Waals surface area contributed by atoms with E-state index in [4.69, 9.17) is 9.16 Å². The number of benzene rings is 2. The molecule has 4 nitrogen and oxygen atoms in total. The van der Waals surface area contributed by atoms with Crippen molar-refractivity contribution in [1.82, 2.24) is 0 Å². The van der Waals surface area contributed by atoms with Crippen molar-refractivity contribution in [3.63, 3.8) is 0 Å². The van der Waals surface area contributed by atoms with Crippen molar-refractivity contribution in [2.24, 2.45) is 0 Å². The predicted octanol–water partition coefficient (Wildman–Crippen LogP) is 0.945. The Hall–Kier alpha value is -1.82. The minimum atomic E-state index is -2.23. The van der Waals surface area contributed by atoms with Gasteiger partial charge in [-0.25, -0.2) is 0 Å². The molecule has 0 heterocycles. The molecular formula is C15H18O4Si. The molecule has 0 spiro atoms. The molecular weight excluding hydrogens is 272 g/mol. The molecule has 1 atom stereocenters. The Labute approximate surface area is 119 Å². The molecule has 0 aromatic heterocycles. The summed E-state index contributed by atoms with van der Waals surface area (Å²) in [5.74, 6) is 0.353. The van der Waals surface area contributed by atoms with Gasteiger partial charge in [0.1, 0.15) is 17.8 Å². The summed E-state index contributed by atoms with van der Waals surface area (Å²) in [6, 6.07) is 14.1. The molecule has 2 N–H and O–H groups in total. The van der Waals surface area contributed by atoms with Crippen molar-refractivity contribution in [2.45, 2.75) is 13.2 Å². The molecule has 0 radical (unpaired) electrons. The summed E-state index contributed by atoms with van der Waals surface area (Å²) in [5.41, 5.74) is 0. The fourth-order valence-electron chi connectivity index (χ4n) is 1.98. The van der Waals surface area contributed by atoms with Crippen LogP contribution >= 0.6 is 0 Å². The zero-order valence-electron chi connectivity index (χ0n) is 11.5. The Bertz CT molecular complexity index is 528. The lowest BCUT2D eigenvalue weighted by Gasteiger charge is -2.22. The smallest absolute Gasteiger partial charge is 0.250 e. The fourth-order valence-corrected chi connectivity index (χ4v) is 4.40. The number of methoxy groups -OCH3 is 1. The van der Waals surface area contributed by atoms with Gasteiger partial charge in [-0.3, -0.25) is 0 Å². The summed E-state index contributed by atoms with van der Waals surface area (Å²) in [7, 11) is -0.668. The van der Waals surface area contributed by atoms with E-state index in [1.807, 2.05) is 24.3 Å². The molecule has 0 aliphatic heterocycles. The summed E-state index contributed by atoms with van der Waals surface area (Å²) < 4.78 is 11.1. The van der Waals surface area contributed by atoms with Crippen molar-refractivity contribution >= 4 is 19.4 Å². The number of phenols is 2. The van der Waals surface area contributed by atoms with Crippen LogP contribution in [0.2, 0.25) is 0 Å². The number of hydrogen-bond acceptors (Lipinski definition) is 4. The summed E-state index contributed by atoms with van der Waals surface area (Å²) >= 11 is 0. The van der Waals surface area contributed by atoms with Gasteiger partial charge in [0.15, 0.2) is 0 Å². The maximum atomic E-state index is 10.1. The molecule has 106 valence electrons. The molecule has 2 rings (SSSR count). The molecule has 1 unspecified atom stereocenters. The Morgan fingerprint density at radius 3 is 1.75 bits per heavy atom. The van der Waals surface area contributed by atoms with E-state index in [0.29, 0.717) is 0 Å². The highest BCUT2D eigenvalue weighted by atomic mass is 28.3. The van der Waals surface area contributed by atoms with Gasteiger partial charge in [-0.2, -0.15) is 0 Å². The maximum absolute atomic E-state index is 10.1. The van der Waals surface area contributed by atoms with Gasteiger partial charge >= 0.3 is 0 Å². The second-order valence-corrected chi connectivity index (χ2v) is 6.71. The zero-order valence-corrected chi connectivity index (χ0v) is 12.6. The topological polar surface area (TPSA) is 58.9 Å². The number of para-hydroxylation sites is 2.